The second-order valence-electron chi connectivity index (χ2n) is 4.74. The molecule has 1 heterocycles. The van der Waals surface area contributed by atoms with Gasteiger partial charge in [-0.2, -0.15) is 0 Å². The molecule has 1 atom stereocenters. The number of nitrogens with zero attached hydrogens (tertiary/aromatic N) is 1. The summed E-state index contributed by atoms with van der Waals surface area (Å²) in [5.74, 6) is -0.883. The largest absolute Gasteiger partial charge is 0.481 e. The molecule has 5 heteroatoms. The Labute approximate surface area is 123 Å². The summed E-state index contributed by atoms with van der Waals surface area (Å²) in [6.45, 7) is 4.37. The van der Waals surface area contributed by atoms with E-state index in [4.69, 9.17) is 5.11 Å². The van der Waals surface area contributed by atoms with Crippen molar-refractivity contribution >= 4 is 37.8 Å². The van der Waals surface area contributed by atoms with Gasteiger partial charge in [0.1, 0.15) is 0 Å². The molecule has 0 spiro atoms. The van der Waals surface area contributed by atoms with Gasteiger partial charge in [-0.05, 0) is 43.1 Å². The number of hydrogen-bond donors (Lipinski definition) is 1. The van der Waals surface area contributed by atoms with Crippen molar-refractivity contribution in [3.05, 3.63) is 32.2 Å². The number of carbonyl (C=O) groups is 1. The lowest BCUT2D eigenvalue weighted by Crippen LogP contribution is -2.22. The SMILES string of the molecule is Cc1c(Br)cc(CN2CCC(C(=O)O)C2)cc1Br. The number of rotatable bonds is 3. The van der Waals surface area contributed by atoms with Gasteiger partial charge >= 0.3 is 5.97 Å². The molecular formula is C13H15Br2NO2. The fourth-order valence-electron chi connectivity index (χ4n) is 2.23. The fraction of sp³-hybridized carbons (Fsp3) is 0.462. The van der Waals surface area contributed by atoms with Crippen LogP contribution in [0.5, 0.6) is 0 Å². The molecule has 0 bridgehead atoms. The lowest BCUT2D eigenvalue weighted by Gasteiger charge is -2.16. The second-order valence-corrected chi connectivity index (χ2v) is 6.45. The summed E-state index contributed by atoms with van der Waals surface area (Å²) in [5.41, 5.74) is 2.38. The van der Waals surface area contributed by atoms with E-state index in [-0.39, 0.29) is 5.92 Å². The van der Waals surface area contributed by atoms with Gasteiger partial charge in [0.2, 0.25) is 0 Å². The van der Waals surface area contributed by atoms with Crippen molar-refractivity contribution in [2.24, 2.45) is 5.92 Å². The fourth-order valence-corrected chi connectivity index (χ4v) is 3.51. The number of carboxylic acid groups (broad SMARTS) is 1. The molecular weight excluding hydrogens is 362 g/mol. The van der Waals surface area contributed by atoms with Gasteiger partial charge in [-0.1, -0.05) is 31.9 Å². The Kier molecular flexibility index (Phi) is 4.45. The van der Waals surface area contributed by atoms with Gasteiger partial charge in [0.05, 0.1) is 5.92 Å². The maximum atomic E-state index is 10.9. The van der Waals surface area contributed by atoms with Crippen molar-refractivity contribution in [1.82, 2.24) is 4.90 Å². The summed E-state index contributed by atoms with van der Waals surface area (Å²) in [6, 6.07) is 4.21. The van der Waals surface area contributed by atoms with Crippen molar-refractivity contribution in [3.63, 3.8) is 0 Å². The summed E-state index contributed by atoms with van der Waals surface area (Å²) >= 11 is 7.08. The van der Waals surface area contributed by atoms with E-state index < -0.39 is 5.97 Å². The van der Waals surface area contributed by atoms with E-state index in [0.29, 0.717) is 6.54 Å². The first-order valence-electron chi connectivity index (χ1n) is 5.87. The number of benzene rings is 1. The molecule has 1 fully saturated rings. The van der Waals surface area contributed by atoms with E-state index in [9.17, 15) is 4.79 Å². The molecule has 0 amide bonds. The lowest BCUT2D eigenvalue weighted by molar-refractivity contribution is -0.141. The molecule has 1 aliphatic rings. The van der Waals surface area contributed by atoms with Gasteiger partial charge in [0.15, 0.2) is 0 Å². The highest BCUT2D eigenvalue weighted by Gasteiger charge is 2.27. The van der Waals surface area contributed by atoms with Gasteiger partial charge in [-0.3, -0.25) is 9.69 Å². The van der Waals surface area contributed by atoms with Crippen LogP contribution < -0.4 is 0 Å². The summed E-state index contributed by atoms with van der Waals surface area (Å²) in [5, 5.41) is 8.98. The maximum absolute atomic E-state index is 10.9. The first-order valence-corrected chi connectivity index (χ1v) is 7.45. The third-order valence-corrected chi connectivity index (χ3v) is 5.02. The first kappa shape index (κ1) is 14.0. The normalized spacial score (nSPS) is 20.3. The van der Waals surface area contributed by atoms with Gasteiger partial charge in [0, 0.05) is 22.0 Å². The average molecular weight is 377 g/mol. The first-order chi connectivity index (χ1) is 8.47. The molecule has 0 radical (unpaired) electrons. The van der Waals surface area contributed by atoms with Gasteiger partial charge in [-0.15, -0.1) is 0 Å². The average Bonchev–Trinajstić information content (AvgIpc) is 2.74. The Morgan fingerprint density at radius 1 is 1.44 bits per heavy atom. The zero-order valence-corrected chi connectivity index (χ0v) is 13.3. The standard InChI is InChI=1S/C13H15Br2NO2/c1-8-11(14)4-9(5-12(8)15)6-16-3-2-10(7-16)13(17)18/h4-5,10H,2-3,6-7H2,1H3,(H,17,18). The highest BCUT2D eigenvalue weighted by molar-refractivity contribution is 9.11. The second kappa shape index (κ2) is 5.72. The predicted octanol–water partition coefficient (Wildman–Crippen LogP) is 3.43. The number of aliphatic carboxylic acids is 1. The van der Waals surface area contributed by atoms with Crippen LogP contribution in [-0.2, 0) is 11.3 Å². The zero-order valence-electron chi connectivity index (χ0n) is 10.1. The molecule has 2 rings (SSSR count). The molecule has 0 saturated carbocycles. The van der Waals surface area contributed by atoms with Crippen LogP contribution in [0.4, 0.5) is 0 Å². The maximum Gasteiger partial charge on any atom is 0.307 e. The Balaban J connectivity index is 2.05. The number of likely N-dealkylation sites (tertiary alicyclic amines) is 1. The molecule has 1 aliphatic heterocycles. The lowest BCUT2D eigenvalue weighted by atomic mass is 10.1. The Morgan fingerprint density at radius 3 is 2.56 bits per heavy atom. The monoisotopic (exact) mass is 375 g/mol. The van der Waals surface area contributed by atoms with Gasteiger partial charge in [-0.25, -0.2) is 0 Å². The number of hydrogen-bond acceptors (Lipinski definition) is 2. The molecule has 0 aliphatic carbocycles. The van der Waals surface area contributed by atoms with Crippen LogP contribution in [0, 0.1) is 12.8 Å². The topological polar surface area (TPSA) is 40.5 Å². The van der Waals surface area contributed by atoms with Crippen LogP contribution in [0.15, 0.2) is 21.1 Å². The smallest absolute Gasteiger partial charge is 0.307 e. The van der Waals surface area contributed by atoms with Crippen LogP contribution in [0.2, 0.25) is 0 Å². The minimum Gasteiger partial charge on any atom is -0.481 e. The number of carboxylic acids is 1. The van der Waals surface area contributed by atoms with Crippen LogP contribution in [0.1, 0.15) is 17.5 Å². The minimum absolute atomic E-state index is 0.206. The zero-order chi connectivity index (χ0) is 13.3. The third kappa shape index (κ3) is 3.13. The number of halogens is 2. The summed E-state index contributed by atoms with van der Waals surface area (Å²) in [4.78, 5) is 13.1. The predicted molar refractivity (Wildman–Crippen MR) is 77.6 cm³/mol. The Bertz CT molecular complexity index is 453. The van der Waals surface area contributed by atoms with Crippen molar-refractivity contribution in [2.45, 2.75) is 19.9 Å². The Morgan fingerprint density at radius 2 is 2.06 bits per heavy atom. The van der Waals surface area contributed by atoms with E-state index in [0.717, 1.165) is 28.5 Å². The van der Waals surface area contributed by atoms with Crippen molar-refractivity contribution < 1.29 is 9.90 Å². The van der Waals surface area contributed by atoms with Crippen LogP contribution in [0.25, 0.3) is 0 Å². The Hall–Kier alpha value is -0.390. The van der Waals surface area contributed by atoms with Crippen molar-refractivity contribution in [2.75, 3.05) is 13.1 Å². The summed E-state index contributed by atoms with van der Waals surface area (Å²) in [7, 11) is 0. The third-order valence-electron chi connectivity index (χ3n) is 3.37. The van der Waals surface area contributed by atoms with Crippen LogP contribution >= 0.6 is 31.9 Å². The minimum atomic E-state index is -0.677. The molecule has 0 aromatic heterocycles. The summed E-state index contributed by atoms with van der Waals surface area (Å²) < 4.78 is 2.17. The van der Waals surface area contributed by atoms with E-state index in [1.54, 1.807) is 0 Å². The van der Waals surface area contributed by atoms with Gasteiger partial charge < -0.3 is 5.11 Å². The highest BCUT2D eigenvalue weighted by atomic mass is 79.9. The van der Waals surface area contributed by atoms with Crippen molar-refractivity contribution in [1.29, 1.82) is 0 Å². The van der Waals surface area contributed by atoms with E-state index in [1.165, 1.54) is 11.1 Å². The van der Waals surface area contributed by atoms with Crippen LogP contribution in [0.3, 0.4) is 0 Å². The molecule has 3 nitrogen and oxygen atoms in total. The molecule has 1 unspecified atom stereocenters. The molecule has 1 aromatic rings. The molecule has 1 aromatic carbocycles. The van der Waals surface area contributed by atoms with Crippen molar-refractivity contribution in [3.8, 4) is 0 Å². The molecule has 18 heavy (non-hydrogen) atoms. The molecule has 98 valence electrons. The molecule has 1 saturated heterocycles. The van der Waals surface area contributed by atoms with E-state index in [2.05, 4.69) is 48.9 Å². The van der Waals surface area contributed by atoms with Crippen LogP contribution in [-0.4, -0.2) is 29.1 Å². The summed E-state index contributed by atoms with van der Waals surface area (Å²) in [6.07, 6.45) is 0.754. The highest BCUT2D eigenvalue weighted by Crippen LogP contribution is 2.28. The van der Waals surface area contributed by atoms with E-state index in [1.807, 2.05) is 6.92 Å². The quantitative estimate of drug-likeness (QED) is 0.878. The molecule has 1 N–H and O–H groups in total. The van der Waals surface area contributed by atoms with E-state index >= 15 is 0 Å². The van der Waals surface area contributed by atoms with Gasteiger partial charge in [0.25, 0.3) is 0 Å².